The molecule has 2 heterocycles. The summed E-state index contributed by atoms with van der Waals surface area (Å²) in [6.45, 7) is 0. The lowest BCUT2D eigenvalue weighted by Crippen LogP contribution is -1.91. The third-order valence-corrected chi connectivity index (χ3v) is 5.15. The van der Waals surface area contributed by atoms with Crippen molar-refractivity contribution >= 4 is 32.3 Å². The summed E-state index contributed by atoms with van der Waals surface area (Å²) in [5, 5.41) is 11.2. The van der Waals surface area contributed by atoms with Crippen LogP contribution in [-0.4, -0.2) is 14.6 Å². The van der Waals surface area contributed by atoms with E-state index < -0.39 is 0 Å². The highest BCUT2D eigenvalue weighted by molar-refractivity contribution is 9.10. The van der Waals surface area contributed by atoms with Crippen LogP contribution in [0.15, 0.2) is 89.5 Å². The predicted molar refractivity (Wildman–Crippen MR) is 109 cm³/mol. The number of aromatic nitrogens is 3. The number of fused-ring (bicyclic) bond motifs is 3. The van der Waals surface area contributed by atoms with Crippen LogP contribution in [0.4, 0.5) is 0 Å². The Morgan fingerprint density at radius 1 is 0.654 bits per heavy atom. The Morgan fingerprint density at radius 2 is 1.46 bits per heavy atom. The maximum atomic E-state index is 4.48. The molecule has 0 spiro atoms. The standard InChI is InChI=1S/C22H14BrN3/c23-17-11-9-16(10-12-17)21-24-25-22-20-8-4-7-18(15-5-2-1-3-6-15)19(20)13-14-26(21)22/h1-14H. The molecule has 0 saturated carbocycles. The first-order chi connectivity index (χ1) is 12.8. The smallest absolute Gasteiger partial charge is 0.168 e. The molecular formula is C22H14BrN3. The third-order valence-electron chi connectivity index (χ3n) is 4.62. The summed E-state index contributed by atoms with van der Waals surface area (Å²) >= 11 is 3.48. The summed E-state index contributed by atoms with van der Waals surface area (Å²) in [4.78, 5) is 0. The lowest BCUT2D eigenvalue weighted by molar-refractivity contribution is 1.11. The Balaban J connectivity index is 1.76. The Labute approximate surface area is 159 Å². The molecule has 5 aromatic rings. The van der Waals surface area contributed by atoms with Crippen LogP contribution in [0.5, 0.6) is 0 Å². The quantitative estimate of drug-likeness (QED) is 0.365. The Morgan fingerprint density at radius 3 is 2.27 bits per heavy atom. The van der Waals surface area contributed by atoms with Crippen molar-refractivity contribution in [1.29, 1.82) is 0 Å². The Bertz CT molecular complexity index is 1230. The van der Waals surface area contributed by atoms with Crippen LogP contribution in [0.25, 0.3) is 38.9 Å². The summed E-state index contributed by atoms with van der Waals surface area (Å²) in [6.07, 6.45) is 2.06. The van der Waals surface area contributed by atoms with E-state index in [1.54, 1.807) is 0 Å². The van der Waals surface area contributed by atoms with E-state index in [0.29, 0.717) is 0 Å². The number of hydrogen-bond donors (Lipinski definition) is 0. The van der Waals surface area contributed by atoms with E-state index in [-0.39, 0.29) is 0 Å². The van der Waals surface area contributed by atoms with E-state index >= 15 is 0 Å². The highest BCUT2D eigenvalue weighted by atomic mass is 79.9. The molecule has 5 rings (SSSR count). The second-order valence-corrected chi connectivity index (χ2v) is 7.09. The van der Waals surface area contributed by atoms with Crippen molar-refractivity contribution in [2.45, 2.75) is 0 Å². The number of pyridine rings is 1. The van der Waals surface area contributed by atoms with Crippen molar-refractivity contribution in [3.63, 3.8) is 0 Å². The molecule has 0 radical (unpaired) electrons. The van der Waals surface area contributed by atoms with Crippen LogP contribution < -0.4 is 0 Å². The summed E-state index contributed by atoms with van der Waals surface area (Å²) in [6, 6.07) is 27.1. The van der Waals surface area contributed by atoms with Gasteiger partial charge in [-0.3, -0.25) is 4.40 Å². The maximum absolute atomic E-state index is 4.48. The zero-order valence-corrected chi connectivity index (χ0v) is 15.4. The van der Waals surface area contributed by atoms with Crippen molar-refractivity contribution in [3.8, 4) is 22.5 Å². The van der Waals surface area contributed by atoms with Gasteiger partial charge in [0, 0.05) is 21.6 Å². The second kappa shape index (κ2) is 6.07. The number of halogens is 1. The van der Waals surface area contributed by atoms with E-state index in [0.717, 1.165) is 26.9 Å². The molecule has 0 bridgehead atoms. The van der Waals surface area contributed by atoms with Crippen LogP contribution in [-0.2, 0) is 0 Å². The minimum atomic E-state index is 0.847. The van der Waals surface area contributed by atoms with Gasteiger partial charge in [0.25, 0.3) is 0 Å². The van der Waals surface area contributed by atoms with E-state index in [9.17, 15) is 0 Å². The molecule has 3 aromatic carbocycles. The SMILES string of the molecule is Brc1ccc(-c2nnc3c4cccc(-c5ccccc5)c4ccn23)cc1. The molecule has 0 atom stereocenters. The second-order valence-electron chi connectivity index (χ2n) is 6.17. The van der Waals surface area contributed by atoms with Gasteiger partial charge in [0.05, 0.1) is 0 Å². The van der Waals surface area contributed by atoms with E-state index in [1.807, 2.05) is 30.3 Å². The number of rotatable bonds is 2. The van der Waals surface area contributed by atoms with Crippen molar-refractivity contribution in [2.75, 3.05) is 0 Å². The van der Waals surface area contributed by atoms with Gasteiger partial charge in [-0.2, -0.15) is 0 Å². The van der Waals surface area contributed by atoms with Gasteiger partial charge in [0.1, 0.15) is 0 Å². The van der Waals surface area contributed by atoms with Crippen molar-refractivity contribution < 1.29 is 0 Å². The molecule has 0 N–H and O–H groups in total. The zero-order valence-electron chi connectivity index (χ0n) is 13.8. The zero-order chi connectivity index (χ0) is 17.5. The van der Waals surface area contributed by atoms with E-state index in [2.05, 4.69) is 85.3 Å². The van der Waals surface area contributed by atoms with Gasteiger partial charge in [0.2, 0.25) is 0 Å². The minimum Gasteiger partial charge on any atom is -0.282 e. The average molecular weight is 400 g/mol. The molecule has 4 heteroatoms. The van der Waals surface area contributed by atoms with Crippen LogP contribution in [0.3, 0.4) is 0 Å². The van der Waals surface area contributed by atoms with Gasteiger partial charge < -0.3 is 0 Å². The average Bonchev–Trinajstić information content (AvgIpc) is 3.13. The topological polar surface area (TPSA) is 30.2 Å². The lowest BCUT2D eigenvalue weighted by atomic mass is 9.99. The van der Waals surface area contributed by atoms with Gasteiger partial charge in [-0.25, -0.2) is 0 Å². The molecule has 124 valence electrons. The molecule has 2 aromatic heterocycles. The van der Waals surface area contributed by atoms with Crippen LogP contribution >= 0.6 is 15.9 Å². The van der Waals surface area contributed by atoms with Crippen molar-refractivity contribution in [1.82, 2.24) is 14.6 Å². The Hall–Kier alpha value is -2.98. The van der Waals surface area contributed by atoms with Gasteiger partial charge in [-0.15, -0.1) is 10.2 Å². The fourth-order valence-electron chi connectivity index (χ4n) is 3.37. The molecule has 0 aliphatic heterocycles. The fourth-order valence-corrected chi connectivity index (χ4v) is 3.63. The highest BCUT2D eigenvalue weighted by Gasteiger charge is 2.12. The van der Waals surface area contributed by atoms with Crippen LogP contribution in [0, 0.1) is 0 Å². The monoisotopic (exact) mass is 399 g/mol. The van der Waals surface area contributed by atoms with Gasteiger partial charge in [-0.05, 0) is 34.7 Å². The molecule has 26 heavy (non-hydrogen) atoms. The first kappa shape index (κ1) is 15.3. The number of benzene rings is 3. The maximum Gasteiger partial charge on any atom is 0.168 e. The van der Waals surface area contributed by atoms with Gasteiger partial charge in [-0.1, -0.05) is 76.6 Å². The van der Waals surface area contributed by atoms with Crippen molar-refractivity contribution in [2.24, 2.45) is 0 Å². The molecule has 0 saturated heterocycles. The summed E-state index contributed by atoms with van der Waals surface area (Å²) < 4.78 is 3.10. The van der Waals surface area contributed by atoms with Crippen molar-refractivity contribution in [3.05, 3.63) is 89.5 Å². The summed E-state index contributed by atoms with van der Waals surface area (Å²) in [5.74, 6) is 0.847. The molecule has 0 aliphatic carbocycles. The molecule has 0 aliphatic rings. The lowest BCUT2D eigenvalue weighted by Gasteiger charge is -2.08. The molecule has 3 nitrogen and oxygen atoms in total. The molecule has 0 unspecified atom stereocenters. The normalized spacial score (nSPS) is 11.3. The van der Waals surface area contributed by atoms with Crippen LogP contribution in [0.1, 0.15) is 0 Å². The summed E-state index contributed by atoms with van der Waals surface area (Å²) in [5.41, 5.74) is 4.33. The first-order valence-corrected chi connectivity index (χ1v) is 9.18. The van der Waals surface area contributed by atoms with Gasteiger partial charge in [0.15, 0.2) is 11.5 Å². The van der Waals surface area contributed by atoms with Gasteiger partial charge >= 0.3 is 0 Å². The molecule has 0 fully saturated rings. The molecule has 0 amide bonds. The van der Waals surface area contributed by atoms with Crippen LogP contribution in [0.2, 0.25) is 0 Å². The first-order valence-electron chi connectivity index (χ1n) is 8.39. The van der Waals surface area contributed by atoms with E-state index in [1.165, 1.54) is 16.5 Å². The summed E-state index contributed by atoms with van der Waals surface area (Å²) in [7, 11) is 0. The molecular weight excluding hydrogens is 386 g/mol. The minimum absolute atomic E-state index is 0.847. The highest BCUT2D eigenvalue weighted by Crippen LogP contribution is 2.31. The number of hydrogen-bond acceptors (Lipinski definition) is 2. The largest absolute Gasteiger partial charge is 0.282 e. The van der Waals surface area contributed by atoms with E-state index in [4.69, 9.17) is 0 Å². The fraction of sp³-hybridized carbons (Fsp3) is 0. The predicted octanol–water partition coefficient (Wildman–Crippen LogP) is 5.98. The third kappa shape index (κ3) is 2.42. The number of nitrogens with zero attached hydrogens (tertiary/aromatic N) is 3. The Kier molecular flexibility index (Phi) is 3.57.